The Labute approximate surface area is 103 Å². The average molecular weight is 238 g/mol. The summed E-state index contributed by atoms with van der Waals surface area (Å²) >= 11 is 0. The number of aryl methyl sites for hydroxylation is 2. The van der Waals surface area contributed by atoms with E-state index in [1.54, 1.807) is 7.11 Å². The predicted octanol–water partition coefficient (Wildman–Crippen LogP) is 0.895. The highest BCUT2D eigenvalue weighted by molar-refractivity contribution is 5.37. The first-order valence-corrected chi connectivity index (χ1v) is 5.93. The molecule has 0 aromatic carbocycles. The number of aromatic nitrogens is 2. The van der Waals surface area contributed by atoms with E-state index < -0.39 is 0 Å². The summed E-state index contributed by atoms with van der Waals surface area (Å²) in [5.74, 6) is 0.901. The second-order valence-corrected chi connectivity index (χ2v) is 4.02. The molecule has 5 heteroatoms. The number of rotatable bonds is 7. The number of anilines is 1. The van der Waals surface area contributed by atoms with Gasteiger partial charge in [-0.2, -0.15) is 0 Å². The van der Waals surface area contributed by atoms with Crippen LogP contribution in [-0.2, 0) is 4.74 Å². The average Bonchev–Trinajstić information content (AvgIpc) is 2.33. The number of ether oxygens (including phenoxy) is 1. The molecule has 2 N–H and O–H groups in total. The molecular formula is C12H22N4O. The topological polar surface area (TPSA) is 64.3 Å². The molecule has 0 spiro atoms. The lowest BCUT2D eigenvalue weighted by Gasteiger charge is -2.23. The van der Waals surface area contributed by atoms with Gasteiger partial charge in [0.05, 0.1) is 24.2 Å². The molecule has 1 rings (SSSR count). The van der Waals surface area contributed by atoms with Gasteiger partial charge in [-0.3, -0.25) is 4.98 Å². The Hall–Kier alpha value is -1.20. The number of hydrogen-bond acceptors (Lipinski definition) is 5. The Morgan fingerprint density at radius 2 is 2.06 bits per heavy atom. The normalized spacial score (nSPS) is 10.6. The van der Waals surface area contributed by atoms with Crippen LogP contribution in [0.3, 0.4) is 0 Å². The summed E-state index contributed by atoms with van der Waals surface area (Å²) in [6.07, 6.45) is 2.76. The van der Waals surface area contributed by atoms with Gasteiger partial charge in [0.1, 0.15) is 5.82 Å². The summed E-state index contributed by atoms with van der Waals surface area (Å²) in [5.41, 5.74) is 7.49. The van der Waals surface area contributed by atoms with Crippen LogP contribution < -0.4 is 10.6 Å². The van der Waals surface area contributed by atoms with Crippen LogP contribution in [0.25, 0.3) is 0 Å². The Kier molecular flexibility index (Phi) is 5.86. The third kappa shape index (κ3) is 4.28. The Bertz CT molecular complexity index is 335. The van der Waals surface area contributed by atoms with Crippen LogP contribution in [0.4, 0.5) is 5.82 Å². The first-order chi connectivity index (χ1) is 8.19. The van der Waals surface area contributed by atoms with E-state index in [1.807, 2.05) is 20.0 Å². The summed E-state index contributed by atoms with van der Waals surface area (Å²) in [5, 5.41) is 0. The minimum atomic E-state index is 0.680. The van der Waals surface area contributed by atoms with E-state index in [-0.39, 0.29) is 0 Å². The fourth-order valence-corrected chi connectivity index (χ4v) is 1.51. The molecule has 0 atom stereocenters. The van der Waals surface area contributed by atoms with Crippen molar-refractivity contribution in [1.29, 1.82) is 0 Å². The van der Waals surface area contributed by atoms with E-state index in [1.165, 1.54) is 0 Å². The highest BCUT2D eigenvalue weighted by Crippen LogP contribution is 2.11. The zero-order chi connectivity index (χ0) is 12.7. The lowest BCUT2D eigenvalue weighted by atomic mass is 10.3. The van der Waals surface area contributed by atoms with Gasteiger partial charge in [-0.1, -0.05) is 0 Å². The molecule has 1 heterocycles. The number of hydrogen-bond donors (Lipinski definition) is 1. The van der Waals surface area contributed by atoms with Crippen LogP contribution in [0.2, 0.25) is 0 Å². The van der Waals surface area contributed by atoms with Gasteiger partial charge >= 0.3 is 0 Å². The van der Waals surface area contributed by atoms with Crippen molar-refractivity contribution in [3.63, 3.8) is 0 Å². The molecule has 0 saturated carbocycles. The van der Waals surface area contributed by atoms with Gasteiger partial charge in [0.2, 0.25) is 0 Å². The number of methoxy groups -OCH3 is 1. The number of nitrogens with two attached hydrogens (primary N) is 1. The van der Waals surface area contributed by atoms with Gasteiger partial charge in [0.15, 0.2) is 0 Å². The van der Waals surface area contributed by atoms with E-state index in [9.17, 15) is 0 Å². The fourth-order valence-electron chi connectivity index (χ4n) is 1.51. The minimum Gasteiger partial charge on any atom is -0.383 e. The maximum absolute atomic E-state index is 5.54. The van der Waals surface area contributed by atoms with Crippen LogP contribution >= 0.6 is 0 Å². The molecule has 17 heavy (non-hydrogen) atoms. The molecule has 0 bridgehead atoms. The van der Waals surface area contributed by atoms with Crippen molar-refractivity contribution in [3.05, 3.63) is 17.6 Å². The van der Waals surface area contributed by atoms with E-state index in [0.717, 1.165) is 36.7 Å². The van der Waals surface area contributed by atoms with Gasteiger partial charge in [0.25, 0.3) is 0 Å². The molecule has 0 unspecified atom stereocenters. The molecule has 5 nitrogen and oxygen atoms in total. The lowest BCUT2D eigenvalue weighted by molar-refractivity contribution is 0.205. The van der Waals surface area contributed by atoms with Crippen LogP contribution in [0.5, 0.6) is 0 Å². The molecule has 1 aromatic heterocycles. The molecule has 0 aliphatic heterocycles. The van der Waals surface area contributed by atoms with Crippen molar-refractivity contribution in [2.45, 2.75) is 20.3 Å². The molecule has 0 saturated heterocycles. The third-order valence-corrected chi connectivity index (χ3v) is 2.70. The van der Waals surface area contributed by atoms with Crippen molar-refractivity contribution in [3.8, 4) is 0 Å². The Morgan fingerprint density at radius 1 is 1.29 bits per heavy atom. The molecule has 0 radical (unpaired) electrons. The third-order valence-electron chi connectivity index (χ3n) is 2.70. The van der Waals surface area contributed by atoms with Crippen molar-refractivity contribution in [2.75, 3.05) is 38.3 Å². The van der Waals surface area contributed by atoms with Crippen molar-refractivity contribution >= 4 is 5.82 Å². The lowest BCUT2D eigenvalue weighted by Crippen LogP contribution is -2.30. The van der Waals surface area contributed by atoms with E-state index in [2.05, 4.69) is 14.9 Å². The van der Waals surface area contributed by atoms with Gasteiger partial charge in [-0.05, 0) is 26.8 Å². The second-order valence-electron chi connectivity index (χ2n) is 4.02. The highest BCUT2D eigenvalue weighted by Gasteiger charge is 2.08. The van der Waals surface area contributed by atoms with Crippen molar-refractivity contribution in [2.24, 2.45) is 5.73 Å². The van der Waals surface area contributed by atoms with E-state index >= 15 is 0 Å². The largest absolute Gasteiger partial charge is 0.383 e. The fraction of sp³-hybridized carbons (Fsp3) is 0.667. The number of nitrogens with zero attached hydrogens (tertiary/aromatic N) is 3. The van der Waals surface area contributed by atoms with Crippen molar-refractivity contribution < 1.29 is 4.74 Å². The molecular weight excluding hydrogens is 216 g/mol. The second kappa shape index (κ2) is 7.19. The minimum absolute atomic E-state index is 0.680. The zero-order valence-corrected chi connectivity index (χ0v) is 10.9. The Morgan fingerprint density at radius 3 is 2.65 bits per heavy atom. The summed E-state index contributed by atoms with van der Waals surface area (Å²) in [6.45, 7) is 7.00. The standard InChI is InChI=1S/C12H22N4O/c1-10-11(2)15-12(9-14-10)16(6-4-5-13)7-8-17-3/h9H,4-8,13H2,1-3H3. The van der Waals surface area contributed by atoms with Gasteiger partial charge < -0.3 is 15.4 Å². The maximum atomic E-state index is 5.54. The van der Waals surface area contributed by atoms with Crippen molar-refractivity contribution in [1.82, 2.24) is 9.97 Å². The molecule has 0 fully saturated rings. The highest BCUT2D eigenvalue weighted by atomic mass is 16.5. The molecule has 0 amide bonds. The molecule has 96 valence electrons. The quantitative estimate of drug-likeness (QED) is 0.764. The van der Waals surface area contributed by atoms with Crippen LogP contribution in [-0.4, -0.2) is 43.3 Å². The van der Waals surface area contributed by atoms with Gasteiger partial charge in [-0.25, -0.2) is 4.98 Å². The first kappa shape index (κ1) is 13.9. The Balaban J connectivity index is 2.75. The maximum Gasteiger partial charge on any atom is 0.147 e. The van der Waals surface area contributed by atoms with Gasteiger partial charge in [0, 0.05) is 20.2 Å². The summed E-state index contributed by atoms with van der Waals surface area (Å²) in [7, 11) is 1.70. The first-order valence-electron chi connectivity index (χ1n) is 5.93. The zero-order valence-electron chi connectivity index (χ0n) is 10.9. The molecule has 1 aromatic rings. The van der Waals surface area contributed by atoms with Gasteiger partial charge in [-0.15, -0.1) is 0 Å². The SMILES string of the molecule is COCCN(CCCN)c1cnc(C)c(C)n1. The summed E-state index contributed by atoms with van der Waals surface area (Å²) < 4.78 is 5.11. The smallest absolute Gasteiger partial charge is 0.147 e. The van der Waals surface area contributed by atoms with E-state index in [0.29, 0.717) is 13.2 Å². The van der Waals surface area contributed by atoms with E-state index in [4.69, 9.17) is 10.5 Å². The summed E-state index contributed by atoms with van der Waals surface area (Å²) in [4.78, 5) is 11.0. The van der Waals surface area contributed by atoms with Crippen LogP contribution in [0, 0.1) is 13.8 Å². The molecule has 0 aliphatic rings. The van der Waals surface area contributed by atoms with Crippen LogP contribution in [0.1, 0.15) is 17.8 Å². The predicted molar refractivity (Wildman–Crippen MR) is 69.3 cm³/mol. The van der Waals surface area contributed by atoms with Crippen LogP contribution in [0.15, 0.2) is 6.20 Å². The monoisotopic (exact) mass is 238 g/mol. The molecule has 0 aliphatic carbocycles. The summed E-state index contributed by atoms with van der Waals surface area (Å²) in [6, 6.07) is 0.